The van der Waals surface area contributed by atoms with Crippen LogP contribution in [0.4, 0.5) is 4.79 Å². The molecule has 0 bridgehead atoms. The quantitative estimate of drug-likeness (QED) is 0.816. The van der Waals surface area contributed by atoms with Crippen LogP contribution in [0.15, 0.2) is 15.9 Å². The Balaban J connectivity index is 2.47. The zero-order chi connectivity index (χ0) is 15.3. The lowest BCUT2D eigenvalue weighted by molar-refractivity contribution is -0.142. The largest absolute Gasteiger partial charge is 0.481 e. The third-order valence-electron chi connectivity index (χ3n) is 2.96. The average molecular weight is 363 g/mol. The normalized spacial score (nSPS) is 12.2. The summed E-state index contributed by atoms with van der Waals surface area (Å²) >= 11 is 4.93. The predicted octanol–water partition coefficient (Wildman–Crippen LogP) is 3.01. The maximum atomic E-state index is 11.9. The Morgan fingerprint density at radius 2 is 2.15 bits per heavy atom. The Hall–Kier alpha value is -1.08. The summed E-state index contributed by atoms with van der Waals surface area (Å²) in [6.07, 6.45) is 0. The minimum absolute atomic E-state index is 0.0219. The Labute approximate surface area is 131 Å². The Bertz CT molecular complexity index is 476. The minimum Gasteiger partial charge on any atom is -0.481 e. The van der Waals surface area contributed by atoms with Crippen molar-refractivity contribution in [2.24, 2.45) is 11.8 Å². The highest BCUT2D eigenvalue weighted by Gasteiger charge is 2.22. The number of carboxylic acids is 1. The molecule has 0 aliphatic rings. The number of carbonyl (C=O) groups is 2. The predicted molar refractivity (Wildman–Crippen MR) is 82.8 cm³/mol. The van der Waals surface area contributed by atoms with E-state index in [0.717, 1.165) is 9.35 Å². The van der Waals surface area contributed by atoms with Gasteiger partial charge in [-0.05, 0) is 27.9 Å². The molecule has 0 aliphatic carbocycles. The van der Waals surface area contributed by atoms with Gasteiger partial charge in [0, 0.05) is 28.3 Å². The van der Waals surface area contributed by atoms with Crippen molar-refractivity contribution in [3.8, 4) is 0 Å². The number of urea groups is 1. The standard InChI is InChI=1S/C13H19BrN2O3S/c1-8(2)11(12(17)18)5-15-13(19)16(3)6-10-4-9(14)7-20-10/h4,7-8,11H,5-6H2,1-3H3,(H,15,19)(H,17,18). The molecule has 2 amide bonds. The molecular formula is C13H19BrN2O3S. The van der Waals surface area contributed by atoms with E-state index < -0.39 is 11.9 Å². The monoisotopic (exact) mass is 362 g/mol. The topological polar surface area (TPSA) is 69.6 Å². The Morgan fingerprint density at radius 1 is 1.50 bits per heavy atom. The number of rotatable bonds is 6. The van der Waals surface area contributed by atoms with Gasteiger partial charge in [0.05, 0.1) is 12.5 Å². The van der Waals surface area contributed by atoms with Gasteiger partial charge >= 0.3 is 12.0 Å². The summed E-state index contributed by atoms with van der Waals surface area (Å²) in [4.78, 5) is 25.6. The zero-order valence-electron chi connectivity index (χ0n) is 11.7. The molecule has 1 unspecified atom stereocenters. The summed E-state index contributed by atoms with van der Waals surface area (Å²) in [5.74, 6) is -1.47. The highest BCUT2D eigenvalue weighted by atomic mass is 79.9. The molecule has 0 aliphatic heterocycles. The van der Waals surface area contributed by atoms with Gasteiger partial charge in [0.1, 0.15) is 0 Å². The van der Waals surface area contributed by atoms with Crippen LogP contribution in [-0.2, 0) is 11.3 Å². The van der Waals surface area contributed by atoms with E-state index in [9.17, 15) is 9.59 Å². The van der Waals surface area contributed by atoms with Crippen LogP contribution in [0.25, 0.3) is 0 Å². The van der Waals surface area contributed by atoms with Gasteiger partial charge in [-0.3, -0.25) is 4.79 Å². The zero-order valence-corrected chi connectivity index (χ0v) is 14.1. The number of aliphatic carboxylic acids is 1. The van der Waals surface area contributed by atoms with Crippen molar-refractivity contribution >= 4 is 39.3 Å². The number of carbonyl (C=O) groups excluding carboxylic acids is 1. The van der Waals surface area contributed by atoms with Crippen LogP contribution in [0.5, 0.6) is 0 Å². The van der Waals surface area contributed by atoms with Gasteiger partial charge in [0.15, 0.2) is 0 Å². The van der Waals surface area contributed by atoms with E-state index in [2.05, 4.69) is 21.2 Å². The molecule has 2 N–H and O–H groups in total. The van der Waals surface area contributed by atoms with Gasteiger partial charge in [-0.15, -0.1) is 11.3 Å². The van der Waals surface area contributed by atoms with E-state index in [1.807, 2.05) is 25.3 Å². The van der Waals surface area contributed by atoms with Crippen molar-refractivity contribution in [3.05, 3.63) is 20.8 Å². The summed E-state index contributed by atoms with van der Waals surface area (Å²) < 4.78 is 0.997. The van der Waals surface area contributed by atoms with Gasteiger partial charge in [-0.2, -0.15) is 0 Å². The molecule has 0 saturated carbocycles. The summed E-state index contributed by atoms with van der Waals surface area (Å²) in [6.45, 7) is 4.31. The number of hydrogen-bond acceptors (Lipinski definition) is 3. The van der Waals surface area contributed by atoms with Crippen LogP contribution in [-0.4, -0.2) is 35.6 Å². The smallest absolute Gasteiger partial charge is 0.317 e. The molecule has 1 aromatic heterocycles. The number of nitrogens with one attached hydrogen (secondary N) is 1. The number of amides is 2. The van der Waals surface area contributed by atoms with Crippen molar-refractivity contribution in [2.75, 3.05) is 13.6 Å². The van der Waals surface area contributed by atoms with Crippen LogP contribution in [0.1, 0.15) is 18.7 Å². The van der Waals surface area contributed by atoms with E-state index in [1.165, 1.54) is 4.90 Å². The maximum absolute atomic E-state index is 11.9. The van der Waals surface area contributed by atoms with E-state index in [1.54, 1.807) is 18.4 Å². The second-order valence-electron chi connectivity index (χ2n) is 4.96. The fourth-order valence-corrected chi connectivity index (χ4v) is 3.19. The fraction of sp³-hybridized carbons (Fsp3) is 0.538. The summed E-state index contributed by atoms with van der Waals surface area (Å²) in [5, 5.41) is 13.7. The highest BCUT2D eigenvalue weighted by Crippen LogP contribution is 2.20. The summed E-state index contributed by atoms with van der Waals surface area (Å²) in [5.41, 5.74) is 0. The van der Waals surface area contributed by atoms with E-state index in [4.69, 9.17) is 5.11 Å². The van der Waals surface area contributed by atoms with E-state index in [0.29, 0.717) is 6.54 Å². The van der Waals surface area contributed by atoms with Crippen molar-refractivity contribution < 1.29 is 14.7 Å². The van der Waals surface area contributed by atoms with Crippen LogP contribution >= 0.6 is 27.3 Å². The lowest BCUT2D eigenvalue weighted by Gasteiger charge is -2.21. The Morgan fingerprint density at radius 3 is 2.60 bits per heavy atom. The van der Waals surface area contributed by atoms with Gasteiger partial charge in [0.25, 0.3) is 0 Å². The first-order valence-electron chi connectivity index (χ1n) is 6.26. The van der Waals surface area contributed by atoms with Crippen molar-refractivity contribution in [2.45, 2.75) is 20.4 Å². The summed E-state index contributed by atoms with van der Waals surface area (Å²) in [6, 6.07) is 1.70. The number of carboxylic acid groups (broad SMARTS) is 1. The lowest BCUT2D eigenvalue weighted by Crippen LogP contribution is -2.41. The molecule has 20 heavy (non-hydrogen) atoms. The summed E-state index contributed by atoms with van der Waals surface area (Å²) in [7, 11) is 1.69. The molecule has 0 spiro atoms. The van der Waals surface area contributed by atoms with E-state index >= 15 is 0 Å². The molecule has 0 aromatic carbocycles. The molecule has 1 aromatic rings. The van der Waals surface area contributed by atoms with Gasteiger partial charge in [-0.1, -0.05) is 13.8 Å². The molecule has 0 fully saturated rings. The van der Waals surface area contributed by atoms with Gasteiger partial charge in [-0.25, -0.2) is 4.79 Å². The minimum atomic E-state index is -0.884. The number of hydrogen-bond donors (Lipinski definition) is 2. The molecule has 7 heteroatoms. The lowest BCUT2D eigenvalue weighted by atomic mass is 9.96. The molecule has 0 saturated heterocycles. The molecular weight excluding hydrogens is 344 g/mol. The van der Waals surface area contributed by atoms with E-state index in [-0.39, 0.29) is 18.5 Å². The second-order valence-corrected chi connectivity index (χ2v) is 6.87. The van der Waals surface area contributed by atoms with Gasteiger partial charge < -0.3 is 15.3 Å². The molecule has 112 valence electrons. The van der Waals surface area contributed by atoms with Crippen molar-refractivity contribution in [1.82, 2.24) is 10.2 Å². The first kappa shape index (κ1) is 17.0. The molecule has 1 heterocycles. The van der Waals surface area contributed by atoms with Gasteiger partial charge in [0.2, 0.25) is 0 Å². The number of thiophene rings is 1. The van der Waals surface area contributed by atoms with Crippen molar-refractivity contribution in [1.29, 1.82) is 0 Å². The van der Waals surface area contributed by atoms with Crippen molar-refractivity contribution in [3.63, 3.8) is 0 Å². The van der Waals surface area contributed by atoms with Crippen LogP contribution < -0.4 is 5.32 Å². The first-order chi connectivity index (χ1) is 9.31. The van der Waals surface area contributed by atoms with Crippen LogP contribution in [0.2, 0.25) is 0 Å². The molecule has 1 rings (SSSR count). The fourth-order valence-electron chi connectivity index (χ4n) is 1.68. The maximum Gasteiger partial charge on any atom is 0.317 e. The van der Waals surface area contributed by atoms with Crippen LogP contribution in [0.3, 0.4) is 0 Å². The molecule has 1 atom stereocenters. The van der Waals surface area contributed by atoms with Crippen LogP contribution in [0, 0.1) is 11.8 Å². The highest BCUT2D eigenvalue weighted by molar-refractivity contribution is 9.10. The number of halogens is 1. The third kappa shape index (κ3) is 5.13. The SMILES string of the molecule is CC(C)C(CNC(=O)N(C)Cc1cc(Br)cs1)C(=O)O. The molecule has 5 nitrogen and oxygen atoms in total. The first-order valence-corrected chi connectivity index (χ1v) is 7.93. The second kappa shape index (κ2) is 7.64. The number of nitrogens with zero attached hydrogens (tertiary/aromatic N) is 1. The average Bonchev–Trinajstić information content (AvgIpc) is 2.73. The third-order valence-corrected chi connectivity index (χ3v) is 4.64. The molecule has 0 radical (unpaired) electrons. The Kier molecular flexibility index (Phi) is 6.48.